The maximum absolute atomic E-state index is 12.1. The molecule has 2 aromatic rings. The van der Waals surface area contributed by atoms with Crippen LogP contribution in [0.4, 0.5) is 0 Å². The lowest BCUT2D eigenvalue weighted by Crippen LogP contribution is -2.10. The molecule has 0 spiro atoms. The molecular weight excluding hydrogens is 376 g/mol. The Morgan fingerprint density at radius 1 is 0.750 bits per heavy atom. The maximum atomic E-state index is 12.1. The largest absolute Gasteiger partial charge is 0.466 e. The second kappa shape index (κ2) is 13.2. The number of fused-ring (bicyclic) bond motifs is 1. The minimum atomic E-state index is -0.332. The molecule has 0 unspecified atom stereocenters. The number of esters is 2. The smallest absolute Gasteiger partial charge is 0.311 e. The molecule has 2 aromatic carbocycles. The summed E-state index contributed by atoms with van der Waals surface area (Å²) >= 11 is 5.64. The van der Waals surface area contributed by atoms with E-state index < -0.39 is 0 Å². The number of alkyl halides is 1. The fraction of sp³-hybridized carbons (Fsp3) is 0.478. The van der Waals surface area contributed by atoms with Crippen molar-refractivity contribution in [2.75, 3.05) is 12.5 Å². The summed E-state index contributed by atoms with van der Waals surface area (Å²) in [6.45, 7) is 0.453. The van der Waals surface area contributed by atoms with Crippen molar-refractivity contribution in [2.45, 2.75) is 57.8 Å². The molecule has 2 rings (SSSR count). The molecule has 0 aliphatic heterocycles. The number of ether oxygens (including phenoxy) is 2. The van der Waals surface area contributed by atoms with Gasteiger partial charge in [-0.15, -0.1) is 11.6 Å². The minimum absolute atomic E-state index is 0.193. The van der Waals surface area contributed by atoms with Crippen LogP contribution in [-0.2, 0) is 14.3 Å². The van der Waals surface area contributed by atoms with Crippen LogP contribution in [0.15, 0.2) is 42.5 Å². The van der Waals surface area contributed by atoms with Gasteiger partial charge in [0.1, 0.15) is 5.75 Å². The highest BCUT2D eigenvalue weighted by Gasteiger charge is 2.10. The van der Waals surface area contributed by atoms with Gasteiger partial charge in [-0.05, 0) is 30.7 Å². The molecule has 152 valence electrons. The molecule has 0 radical (unpaired) electrons. The van der Waals surface area contributed by atoms with E-state index in [1.807, 2.05) is 36.4 Å². The average molecular weight is 405 g/mol. The van der Waals surface area contributed by atoms with Crippen molar-refractivity contribution >= 4 is 34.3 Å². The normalized spacial score (nSPS) is 10.8. The van der Waals surface area contributed by atoms with Gasteiger partial charge in [0.25, 0.3) is 0 Å². The van der Waals surface area contributed by atoms with Gasteiger partial charge in [-0.2, -0.15) is 0 Å². The van der Waals surface area contributed by atoms with Gasteiger partial charge in [0.05, 0.1) is 6.61 Å². The van der Waals surface area contributed by atoms with Crippen LogP contribution in [0, 0.1) is 0 Å². The first kappa shape index (κ1) is 22.2. The zero-order chi connectivity index (χ0) is 20.0. The lowest BCUT2D eigenvalue weighted by Gasteiger charge is -2.08. The average Bonchev–Trinajstić information content (AvgIpc) is 2.70. The number of carbonyl (C=O) groups excluding carboxylic acids is 2. The zero-order valence-electron chi connectivity index (χ0n) is 16.3. The molecule has 0 aliphatic carbocycles. The monoisotopic (exact) mass is 404 g/mol. The molecule has 0 fully saturated rings. The predicted octanol–water partition coefficient (Wildman–Crippen LogP) is 6.04. The van der Waals surface area contributed by atoms with E-state index in [1.165, 1.54) is 6.42 Å². The molecule has 0 aliphatic rings. The highest BCUT2D eigenvalue weighted by molar-refractivity contribution is 6.17. The van der Waals surface area contributed by atoms with Crippen molar-refractivity contribution in [1.82, 2.24) is 0 Å². The number of carbonyl (C=O) groups is 2. The summed E-state index contributed by atoms with van der Waals surface area (Å²) in [6, 6.07) is 13.4. The van der Waals surface area contributed by atoms with Crippen LogP contribution in [-0.4, -0.2) is 24.4 Å². The second-order valence-electron chi connectivity index (χ2n) is 6.84. The summed E-state index contributed by atoms with van der Waals surface area (Å²) in [5.74, 6) is 0.700. The lowest BCUT2D eigenvalue weighted by molar-refractivity contribution is -0.144. The van der Waals surface area contributed by atoms with E-state index in [1.54, 1.807) is 6.07 Å². The van der Waals surface area contributed by atoms with E-state index in [0.29, 0.717) is 18.8 Å². The van der Waals surface area contributed by atoms with Gasteiger partial charge in [0, 0.05) is 24.1 Å². The summed E-state index contributed by atoms with van der Waals surface area (Å²) in [5.41, 5.74) is 0. The molecule has 0 bridgehead atoms. The van der Waals surface area contributed by atoms with Gasteiger partial charge in [0.15, 0.2) is 0 Å². The standard InChI is InChI=1S/C23H29ClO4/c24-17-7-3-1-2-4-8-18-27-22(25)15-10-16-23(26)28-21-14-9-12-19-11-5-6-13-20(19)21/h5-6,9,11-14H,1-4,7-8,10,15-18H2. The molecule has 0 amide bonds. The fourth-order valence-electron chi connectivity index (χ4n) is 3.00. The van der Waals surface area contributed by atoms with Crippen LogP contribution < -0.4 is 4.74 Å². The third-order valence-electron chi connectivity index (χ3n) is 4.53. The Balaban J connectivity index is 1.57. The highest BCUT2D eigenvalue weighted by atomic mass is 35.5. The van der Waals surface area contributed by atoms with Crippen molar-refractivity contribution in [3.63, 3.8) is 0 Å². The Kier molecular flexibility index (Phi) is 10.4. The summed E-state index contributed by atoms with van der Waals surface area (Å²) < 4.78 is 10.7. The third-order valence-corrected chi connectivity index (χ3v) is 4.79. The van der Waals surface area contributed by atoms with Gasteiger partial charge >= 0.3 is 11.9 Å². The molecule has 0 aromatic heterocycles. The SMILES string of the molecule is O=C(CCCC(=O)Oc1cccc2ccccc12)OCCCCCCCCCl. The van der Waals surface area contributed by atoms with Crippen molar-refractivity contribution in [3.8, 4) is 5.75 Å². The first-order valence-corrected chi connectivity index (χ1v) is 10.6. The van der Waals surface area contributed by atoms with Crippen LogP contribution in [0.25, 0.3) is 10.8 Å². The first-order chi connectivity index (χ1) is 13.7. The van der Waals surface area contributed by atoms with Gasteiger partial charge in [0.2, 0.25) is 0 Å². The predicted molar refractivity (Wildman–Crippen MR) is 113 cm³/mol. The lowest BCUT2D eigenvalue weighted by atomic mass is 10.1. The van der Waals surface area contributed by atoms with E-state index in [4.69, 9.17) is 21.1 Å². The van der Waals surface area contributed by atoms with Crippen LogP contribution in [0.3, 0.4) is 0 Å². The number of benzene rings is 2. The zero-order valence-corrected chi connectivity index (χ0v) is 17.1. The Bertz CT molecular complexity index is 739. The van der Waals surface area contributed by atoms with Gasteiger partial charge < -0.3 is 9.47 Å². The Labute approximate surface area is 172 Å². The number of hydrogen-bond donors (Lipinski definition) is 0. The fourth-order valence-corrected chi connectivity index (χ4v) is 3.19. The Morgan fingerprint density at radius 2 is 1.43 bits per heavy atom. The number of rotatable bonds is 13. The van der Waals surface area contributed by atoms with E-state index >= 15 is 0 Å². The Morgan fingerprint density at radius 3 is 2.25 bits per heavy atom. The maximum Gasteiger partial charge on any atom is 0.311 e. The molecule has 0 N–H and O–H groups in total. The Hall–Kier alpha value is -2.07. The van der Waals surface area contributed by atoms with Gasteiger partial charge in [-0.25, -0.2) is 0 Å². The molecule has 5 heteroatoms. The molecule has 0 saturated heterocycles. The molecule has 4 nitrogen and oxygen atoms in total. The van der Waals surface area contributed by atoms with Crippen LogP contribution in [0.1, 0.15) is 57.8 Å². The summed E-state index contributed by atoms with van der Waals surface area (Å²) in [5, 5.41) is 1.93. The van der Waals surface area contributed by atoms with Crippen molar-refractivity contribution < 1.29 is 19.1 Å². The molecule has 0 saturated carbocycles. The number of unbranched alkanes of at least 4 members (excludes halogenated alkanes) is 5. The summed E-state index contributed by atoms with van der Waals surface area (Å²) in [4.78, 5) is 23.8. The molecule has 0 atom stereocenters. The van der Waals surface area contributed by atoms with E-state index in [9.17, 15) is 9.59 Å². The van der Waals surface area contributed by atoms with Crippen molar-refractivity contribution in [3.05, 3.63) is 42.5 Å². The van der Waals surface area contributed by atoms with Crippen molar-refractivity contribution in [2.24, 2.45) is 0 Å². The first-order valence-electron chi connectivity index (χ1n) is 10.1. The molecular formula is C23H29ClO4. The number of hydrogen-bond acceptors (Lipinski definition) is 4. The van der Waals surface area contributed by atoms with Crippen LogP contribution in [0.2, 0.25) is 0 Å². The summed E-state index contributed by atoms with van der Waals surface area (Å²) in [7, 11) is 0. The molecule has 0 heterocycles. The number of halogens is 1. The van der Waals surface area contributed by atoms with Crippen molar-refractivity contribution in [1.29, 1.82) is 0 Å². The van der Waals surface area contributed by atoms with E-state index in [-0.39, 0.29) is 24.8 Å². The van der Waals surface area contributed by atoms with Crippen LogP contribution >= 0.6 is 11.6 Å². The van der Waals surface area contributed by atoms with Gasteiger partial charge in [-0.1, -0.05) is 62.1 Å². The van der Waals surface area contributed by atoms with E-state index in [0.717, 1.165) is 48.8 Å². The van der Waals surface area contributed by atoms with Crippen LogP contribution in [0.5, 0.6) is 5.75 Å². The van der Waals surface area contributed by atoms with Gasteiger partial charge in [-0.3, -0.25) is 9.59 Å². The molecule has 28 heavy (non-hydrogen) atoms. The minimum Gasteiger partial charge on any atom is -0.466 e. The highest BCUT2D eigenvalue weighted by Crippen LogP contribution is 2.25. The van der Waals surface area contributed by atoms with E-state index in [2.05, 4.69) is 0 Å². The quantitative estimate of drug-likeness (QED) is 0.177. The summed E-state index contributed by atoms with van der Waals surface area (Å²) in [6.07, 6.45) is 7.37. The second-order valence-corrected chi connectivity index (χ2v) is 7.21. The topological polar surface area (TPSA) is 52.6 Å². The third kappa shape index (κ3) is 8.30.